The Morgan fingerprint density at radius 1 is 1.28 bits per heavy atom. The second kappa shape index (κ2) is 7.34. The molecule has 0 aliphatic rings. The van der Waals surface area contributed by atoms with Crippen LogP contribution in [0.3, 0.4) is 0 Å². The predicted octanol–water partition coefficient (Wildman–Crippen LogP) is 1.44. The average Bonchev–Trinajstić information content (AvgIpc) is 3.07. The maximum absolute atomic E-state index is 12.3. The molecule has 25 heavy (non-hydrogen) atoms. The van der Waals surface area contributed by atoms with E-state index in [0.29, 0.717) is 5.69 Å². The van der Waals surface area contributed by atoms with E-state index >= 15 is 0 Å². The van der Waals surface area contributed by atoms with Crippen molar-refractivity contribution in [1.82, 2.24) is 14.1 Å². The average molecular weight is 347 g/mol. The number of hydrogen-bond acceptors (Lipinski definition) is 5. The van der Waals surface area contributed by atoms with Gasteiger partial charge in [-0.05, 0) is 6.07 Å². The number of carbonyl (C=O) groups is 3. The Morgan fingerprint density at radius 3 is 2.60 bits per heavy atom. The molecule has 132 valence electrons. The molecular formula is C15H17N5O5. The Balaban J connectivity index is 2.09. The van der Waals surface area contributed by atoms with Crippen LogP contribution in [0.2, 0.25) is 0 Å². The van der Waals surface area contributed by atoms with Crippen LogP contribution in [0.25, 0.3) is 0 Å². The number of carboxylic acid groups (broad SMARTS) is 1. The van der Waals surface area contributed by atoms with Gasteiger partial charge < -0.3 is 24.3 Å². The van der Waals surface area contributed by atoms with Crippen LogP contribution in [-0.2, 0) is 18.8 Å². The first kappa shape index (κ1) is 17.8. The van der Waals surface area contributed by atoms with Crippen molar-refractivity contribution in [3.63, 3.8) is 0 Å². The molecule has 0 aliphatic carbocycles. The fourth-order valence-electron chi connectivity index (χ4n) is 2.05. The van der Waals surface area contributed by atoms with Crippen molar-refractivity contribution in [2.75, 3.05) is 17.2 Å². The van der Waals surface area contributed by atoms with Gasteiger partial charge in [0.1, 0.15) is 12.3 Å². The van der Waals surface area contributed by atoms with E-state index < -0.39 is 18.0 Å². The molecule has 2 heterocycles. The third-order valence-electron chi connectivity index (χ3n) is 3.12. The Labute approximate surface area is 142 Å². The number of nitrogens with zero attached hydrogens (tertiary/aromatic N) is 3. The maximum Gasteiger partial charge on any atom is 0.413 e. The molecule has 10 heteroatoms. The standard InChI is InChI=1S/C15H17N5O5/c1-4-5-25-15(24)18-11-8-20(3)12(17-11)13(21)16-9-6-10(14(22)23)19(2)7-9/h4,6-8H,1,5H2,2-3H3,(H,16,21)(H,18,24)(H,22,23). The number of aromatic nitrogens is 3. The number of aromatic carboxylic acids is 1. The fraction of sp³-hybridized carbons (Fsp3) is 0.200. The Hall–Kier alpha value is -3.56. The topological polar surface area (TPSA) is 127 Å². The van der Waals surface area contributed by atoms with Crippen LogP contribution in [0.4, 0.5) is 16.3 Å². The lowest BCUT2D eigenvalue weighted by Gasteiger charge is -2.02. The van der Waals surface area contributed by atoms with Gasteiger partial charge in [-0.2, -0.15) is 0 Å². The normalized spacial score (nSPS) is 10.2. The largest absolute Gasteiger partial charge is 0.477 e. The Morgan fingerprint density at radius 2 is 2.00 bits per heavy atom. The lowest BCUT2D eigenvalue weighted by Crippen LogP contribution is -2.17. The third-order valence-corrected chi connectivity index (χ3v) is 3.12. The summed E-state index contributed by atoms with van der Waals surface area (Å²) in [6, 6.07) is 1.33. The summed E-state index contributed by atoms with van der Waals surface area (Å²) in [6.45, 7) is 3.47. The molecule has 10 nitrogen and oxygen atoms in total. The molecule has 2 rings (SSSR count). The van der Waals surface area contributed by atoms with Crippen molar-refractivity contribution in [3.05, 3.63) is 42.6 Å². The molecule has 2 aromatic rings. The second-order valence-electron chi connectivity index (χ2n) is 5.06. The number of aryl methyl sites for hydroxylation is 2. The Bertz CT molecular complexity index is 835. The molecule has 0 spiro atoms. The van der Waals surface area contributed by atoms with E-state index in [0.717, 1.165) is 0 Å². The fourth-order valence-corrected chi connectivity index (χ4v) is 2.05. The smallest absolute Gasteiger partial charge is 0.413 e. The summed E-state index contributed by atoms with van der Waals surface area (Å²) in [4.78, 5) is 38.8. The van der Waals surface area contributed by atoms with Gasteiger partial charge in [0.05, 0.1) is 5.69 Å². The monoisotopic (exact) mass is 347 g/mol. The molecule has 0 saturated carbocycles. The zero-order valence-electron chi connectivity index (χ0n) is 13.6. The van der Waals surface area contributed by atoms with Gasteiger partial charge in [0.15, 0.2) is 5.82 Å². The molecule has 2 amide bonds. The van der Waals surface area contributed by atoms with Crippen molar-refractivity contribution in [1.29, 1.82) is 0 Å². The van der Waals surface area contributed by atoms with Gasteiger partial charge in [-0.15, -0.1) is 0 Å². The van der Waals surface area contributed by atoms with E-state index in [1.165, 1.54) is 33.7 Å². The van der Waals surface area contributed by atoms with Gasteiger partial charge >= 0.3 is 12.1 Å². The number of hydrogen-bond donors (Lipinski definition) is 3. The van der Waals surface area contributed by atoms with Crippen LogP contribution in [0.5, 0.6) is 0 Å². The van der Waals surface area contributed by atoms with E-state index in [1.807, 2.05) is 0 Å². The number of anilines is 2. The quantitative estimate of drug-likeness (QED) is 0.679. The molecule has 0 aromatic carbocycles. The zero-order valence-corrected chi connectivity index (χ0v) is 13.6. The summed E-state index contributed by atoms with van der Waals surface area (Å²) in [5.41, 5.74) is 0.343. The van der Waals surface area contributed by atoms with Crippen LogP contribution in [0, 0.1) is 0 Å². The number of ether oxygens (including phenoxy) is 1. The number of nitrogens with one attached hydrogen (secondary N) is 2. The predicted molar refractivity (Wildman–Crippen MR) is 88.7 cm³/mol. The molecule has 0 aliphatic heterocycles. The second-order valence-corrected chi connectivity index (χ2v) is 5.06. The number of amides is 2. The summed E-state index contributed by atoms with van der Waals surface area (Å²) in [5.74, 6) is -1.50. The summed E-state index contributed by atoms with van der Waals surface area (Å²) in [7, 11) is 3.13. The lowest BCUT2D eigenvalue weighted by atomic mass is 10.4. The maximum atomic E-state index is 12.3. The number of carboxylic acids is 1. The van der Waals surface area contributed by atoms with Gasteiger partial charge in [0.25, 0.3) is 5.91 Å². The number of imidazole rings is 1. The highest BCUT2D eigenvalue weighted by atomic mass is 16.5. The van der Waals surface area contributed by atoms with Gasteiger partial charge in [0, 0.05) is 26.5 Å². The minimum absolute atomic E-state index is 0.0275. The van der Waals surface area contributed by atoms with Crippen LogP contribution in [0.1, 0.15) is 21.1 Å². The highest BCUT2D eigenvalue weighted by molar-refractivity contribution is 6.03. The molecule has 0 bridgehead atoms. The highest BCUT2D eigenvalue weighted by Gasteiger charge is 2.17. The molecule has 3 N–H and O–H groups in total. The first-order valence-corrected chi connectivity index (χ1v) is 7.11. The van der Waals surface area contributed by atoms with Crippen molar-refractivity contribution >= 4 is 29.5 Å². The van der Waals surface area contributed by atoms with Gasteiger partial charge in [-0.3, -0.25) is 10.1 Å². The van der Waals surface area contributed by atoms with E-state index in [2.05, 4.69) is 22.2 Å². The van der Waals surface area contributed by atoms with Crippen molar-refractivity contribution in [2.24, 2.45) is 14.1 Å². The van der Waals surface area contributed by atoms with Gasteiger partial charge in [-0.25, -0.2) is 14.6 Å². The van der Waals surface area contributed by atoms with Crippen LogP contribution in [0.15, 0.2) is 31.1 Å². The molecule has 0 atom stereocenters. The molecule has 0 radical (unpaired) electrons. The van der Waals surface area contributed by atoms with E-state index in [4.69, 9.17) is 9.84 Å². The summed E-state index contributed by atoms with van der Waals surface area (Å²) in [6.07, 6.45) is 3.61. The lowest BCUT2D eigenvalue weighted by molar-refractivity contribution is 0.0686. The van der Waals surface area contributed by atoms with E-state index in [9.17, 15) is 14.4 Å². The zero-order chi connectivity index (χ0) is 18.6. The minimum Gasteiger partial charge on any atom is -0.477 e. The van der Waals surface area contributed by atoms with Gasteiger partial charge in [-0.1, -0.05) is 12.7 Å². The van der Waals surface area contributed by atoms with Crippen LogP contribution < -0.4 is 10.6 Å². The first-order valence-electron chi connectivity index (χ1n) is 7.11. The van der Waals surface area contributed by atoms with E-state index in [-0.39, 0.29) is 23.9 Å². The van der Waals surface area contributed by atoms with Crippen molar-refractivity contribution in [2.45, 2.75) is 0 Å². The van der Waals surface area contributed by atoms with Crippen LogP contribution >= 0.6 is 0 Å². The summed E-state index contributed by atoms with van der Waals surface area (Å²) in [5, 5.41) is 13.9. The molecule has 0 fully saturated rings. The number of rotatable bonds is 6. The summed E-state index contributed by atoms with van der Waals surface area (Å²) >= 11 is 0. The van der Waals surface area contributed by atoms with Crippen molar-refractivity contribution in [3.8, 4) is 0 Å². The van der Waals surface area contributed by atoms with Crippen molar-refractivity contribution < 1.29 is 24.2 Å². The first-order chi connectivity index (χ1) is 11.8. The molecular weight excluding hydrogens is 330 g/mol. The van der Waals surface area contributed by atoms with Crippen LogP contribution in [-0.4, -0.2) is 43.8 Å². The van der Waals surface area contributed by atoms with E-state index in [1.54, 1.807) is 14.1 Å². The number of carbonyl (C=O) groups excluding carboxylic acids is 2. The molecule has 0 saturated heterocycles. The Kier molecular flexibility index (Phi) is 5.22. The highest BCUT2D eigenvalue weighted by Crippen LogP contribution is 2.15. The SMILES string of the molecule is C=CCOC(=O)Nc1cn(C)c(C(=O)Nc2cc(C(=O)O)n(C)c2)n1. The third kappa shape index (κ3) is 4.25. The molecule has 2 aromatic heterocycles. The molecule has 0 unspecified atom stereocenters. The minimum atomic E-state index is -1.11. The van der Waals surface area contributed by atoms with Gasteiger partial charge in [0.2, 0.25) is 5.82 Å². The summed E-state index contributed by atoms with van der Waals surface area (Å²) < 4.78 is 7.55.